The predicted molar refractivity (Wildman–Crippen MR) is 80.5 cm³/mol. The molecule has 0 aliphatic rings. The van der Waals surface area contributed by atoms with Crippen molar-refractivity contribution in [1.29, 1.82) is 0 Å². The molecule has 18 heavy (non-hydrogen) atoms. The highest BCUT2D eigenvalue weighted by atomic mass is 32.2. The van der Waals surface area contributed by atoms with Gasteiger partial charge in [-0.05, 0) is 32.2 Å². The van der Waals surface area contributed by atoms with E-state index < -0.39 is 6.09 Å². The molecule has 0 atom stereocenters. The molecule has 0 fully saturated rings. The number of thioether (sulfide) groups is 1. The Labute approximate surface area is 116 Å². The van der Waals surface area contributed by atoms with E-state index in [9.17, 15) is 4.79 Å². The number of carbonyl (C=O) groups excluding carboxylic acids is 1. The first-order chi connectivity index (χ1) is 8.51. The standard InChI is InChI=1S/C12H16N2O2S2/c1-8(2)13-11(15)16-10-6-4-5-9(7-10)14-12(17)18-3/h4-8H,1-3H3,(H,13,15)(H,14,17). The summed E-state index contributed by atoms with van der Waals surface area (Å²) in [5, 5.41) is 5.68. The van der Waals surface area contributed by atoms with Crippen LogP contribution in [0.1, 0.15) is 13.8 Å². The van der Waals surface area contributed by atoms with Crippen molar-refractivity contribution in [2.45, 2.75) is 19.9 Å². The third kappa shape index (κ3) is 5.37. The quantitative estimate of drug-likeness (QED) is 0.835. The molecule has 0 aliphatic heterocycles. The van der Waals surface area contributed by atoms with Crippen LogP contribution in [-0.2, 0) is 0 Å². The minimum absolute atomic E-state index is 0.0443. The van der Waals surface area contributed by atoms with Crippen LogP contribution in [-0.4, -0.2) is 22.7 Å². The van der Waals surface area contributed by atoms with Gasteiger partial charge in [0.2, 0.25) is 0 Å². The highest BCUT2D eigenvalue weighted by Crippen LogP contribution is 2.18. The average molecular weight is 284 g/mol. The SMILES string of the molecule is CSC(=S)Nc1cccc(OC(=O)NC(C)C)c1. The van der Waals surface area contributed by atoms with E-state index in [-0.39, 0.29) is 6.04 Å². The monoisotopic (exact) mass is 284 g/mol. The second-order valence-corrected chi connectivity index (χ2v) is 5.32. The summed E-state index contributed by atoms with van der Waals surface area (Å²) >= 11 is 6.51. The molecular formula is C12H16N2O2S2. The van der Waals surface area contributed by atoms with Gasteiger partial charge in [0.05, 0.1) is 0 Å². The van der Waals surface area contributed by atoms with E-state index in [1.54, 1.807) is 18.2 Å². The van der Waals surface area contributed by atoms with Crippen molar-refractivity contribution in [2.75, 3.05) is 11.6 Å². The fraction of sp³-hybridized carbons (Fsp3) is 0.333. The Morgan fingerprint density at radius 1 is 1.44 bits per heavy atom. The van der Waals surface area contributed by atoms with Gasteiger partial charge in [0, 0.05) is 17.8 Å². The van der Waals surface area contributed by atoms with Gasteiger partial charge in [-0.3, -0.25) is 0 Å². The zero-order chi connectivity index (χ0) is 13.5. The van der Waals surface area contributed by atoms with E-state index in [1.165, 1.54) is 11.8 Å². The van der Waals surface area contributed by atoms with Crippen LogP contribution >= 0.6 is 24.0 Å². The Balaban J connectivity index is 2.64. The van der Waals surface area contributed by atoms with Gasteiger partial charge in [-0.25, -0.2) is 4.79 Å². The molecule has 1 aromatic rings. The van der Waals surface area contributed by atoms with E-state index >= 15 is 0 Å². The largest absolute Gasteiger partial charge is 0.412 e. The first-order valence-electron chi connectivity index (χ1n) is 5.44. The minimum Gasteiger partial charge on any atom is -0.410 e. The summed E-state index contributed by atoms with van der Waals surface area (Å²) in [5.74, 6) is 0.474. The molecule has 6 heteroatoms. The van der Waals surface area contributed by atoms with Crippen molar-refractivity contribution in [3.8, 4) is 5.75 Å². The van der Waals surface area contributed by atoms with Crippen molar-refractivity contribution in [2.24, 2.45) is 0 Å². The number of carbonyl (C=O) groups is 1. The first-order valence-corrected chi connectivity index (χ1v) is 7.08. The molecule has 1 aromatic carbocycles. The molecule has 0 unspecified atom stereocenters. The normalized spacial score (nSPS) is 10.0. The van der Waals surface area contributed by atoms with E-state index in [0.29, 0.717) is 10.1 Å². The van der Waals surface area contributed by atoms with Gasteiger partial charge in [0.1, 0.15) is 10.1 Å². The van der Waals surface area contributed by atoms with Gasteiger partial charge in [0.25, 0.3) is 0 Å². The molecule has 4 nitrogen and oxygen atoms in total. The zero-order valence-electron chi connectivity index (χ0n) is 10.5. The predicted octanol–water partition coefficient (Wildman–Crippen LogP) is 3.24. The van der Waals surface area contributed by atoms with Gasteiger partial charge >= 0.3 is 6.09 Å². The van der Waals surface area contributed by atoms with Crippen LogP contribution in [0, 0.1) is 0 Å². The lowest BCUT2D eigenvalue weighted by Crippen LogP contribution is -2.32. The summed E-state index contributed by atoms with van der Waals surface area (Å²) in [4.78, 5) is 11.4. The van der Waals surface area contributed by atoms with E-state index in [1.807, 2.05) is 26.2 Å². The van der Waals surface area contributed by atoms with Crippen LogP contribution in [0.25, 0.3) is 0 Å². The van der Waals surface area contributed by atoms with Crippen molar-refractivity contribution in [3.63, 3.8) is 0 Å². The summed E-state index contributed by atoms with van der Waals surface area (Å²) in [6.45, 7) is 3.74. The smallest absolute Gasteiger partial charge is 0.410 e. The molecular weight excluding hydrogens is 268 g/mol. The maximum Gasteiger partial charge on any atom is 0.412 e. The third-order valence-electron chi connectivity index (χ3n) is 1.88. The average Bonchev–Trinajstić information content (AvgIpc) is 2.28. The number of amides is 1. The van der Waals surface area contributed by atoms with Gasteiger partial charge < -0.3 is 15.4 Å². The summed E-state index contributed by atoms with van der Waals surface area (Å²) in [6, 6.07) is 7.14. The van der Waals surface area contributed by atoms with Crippen LogP contribution in [0.5, 0.6) is 5.75 Å². The maximum atomic E-state index is 11.4. The van der Waals surface area contributed by atoms with E-state index in [4.69, 9.17) is 17.0 Å². The van der Waals surface area contributed by atoms with Crippen LogP contribution in [0.3, 0.4) is 0 Å². The molecule has 0 radical (unpaired) electrons. The van der Waals surface area contributed by atoms with Crippen LogP contribution in [0.15, 0.2) is 24.3 Å². The van der Waals surface area contributed by atoms with E-state index in [0.717, 1.165) is 5.69 Å². The van der Waals surface area contributed by atoms with Gasteiger partial charge in [0.15, 0.2) is 0 Å². The summed E-state index contributed by atoms with van der Waals surface area (Å²) in [5.41, 5.74) is 0.796. The number of hydrogen-bond acceptors (Lipinski definition) is 4. The van der Waals surface area contributed by atoms with Crippen LogP contribution in [0.2, 0.25) is 0 Å². The molecule has 0 aliphatic carbocycles. The maximum absolute atomic E-state index is 11.4. The second kappa shape index (κ2) is 7.23. The molecule has 1 amide bonds. The number of hydrogen-bond donors (Lipinski definition) is 2. The van der Waals surface area contributed by atoms with Crippen LogP contribution in [0.4, 0.5) is 10.5 Å². The topological polar surface area (TPSA) is 50.4 Å². The van der Waals surface area contributed by atoms with Crippen molar-refractivity contribution in [3.05, 3.63) is 24.3 Å². The molecule has 2 N–H and O–H groups in total. The summed E-state index contributed by atoms with van der Waals surface area (Å²) < 4.78 is 5.81. The van der Waals surface area contributed by atoms with Crippen molar-refractivity contribution in [1.82, 2.24) is 5.32 Å². The minimum atomic E-state index is -0.463. The molecule has 0 saturated carbocycles. The fourth-order valence-electron chi connectivity index (χ4n) is 1.18. The number of ether oxygens (including phenoxy) is 1. The number of rotatable bonds is 3. The Morgan fingerprint density at radius 3 is 2.78 bits per heavy atom. The molecule has 0 aromatic heterocycles. The number of anilines is 1. The Morgan fingerprint density at radius 2 is 2.17 bits per heavy atom. The molecule has 0 spiro atoms. The van der Waals surface area contributed by atoms with Gasteiger partial charge in [-0.15, -0.1) is 11.8 Å². The second-order valence-electron chi connectivity index (χ2n) is 3.83. The number of nitrogens with one attached hydrogen (secondary N) is 2. The molecule has 0 bridgehead atoms. The van der Waals surface area contributed by atoms with Crippen molar-refractivity contribution < 1.29 is 9.53 Å². The first kappa shape index (κ1) is 14.8. The third-order valence-corrected chi connectivity index (χ3v) is 2.96. The lowest BCUT2D eigenvalue weighted by Gasteiger charge is -2.10. The Hall–Kier alpha value is -1.27. The molecule has 1 rings (SSSR count). The summed E-state index contributed by atoms with van der Waals surface area (Å²) in [7, 11) is 0. The van der Waals surface area contributed by atoms with Gasteiger partial charge in [-0.1, -0.05) is 18.3 Å². The van der Waals surface area contributed by atoms with Gasteiger partial charge in [-0.2, -0.15) is 0 Å². The highest BCUT2D eigenvalue weighted by molar-refractivity contribution is 8.22. The molecule has 98 valence electrons. The lowest BCUT2D eigenvalue weighted by molar-refractivity contribution is 0.198. The van der Waals surface area contributed by atoms with Crippen molar-refractivity contribution >= 4 is 40.1 Å². The van der Waals surface area contributed by atoms with E-state index in [2.05, 4.69) is 10.6 Å². The number of thiocarbonyl (C=S) groups is 1. The van der Waals surface area contributed by atoms with Crippen LogP contribution < -0.4 is 15.4 Å². The molecule has 0 saturated heterocycles. The lowest BCUT2D eigenvalue weighted by atomic mass is 10.3. The Kier molecular flexibility index (Phi) is 5.94. The zero-order valence-corrected chi connectivity index (χ0v) is 12.2. The summed E-state index contributed by atoms with van der Waals surface area (Å²) in [6.07, 6.45) is 1.43. The fourth-order valence-corrected chi connectivity index (χ4v) is 1.52. The molecule has 0 heterocycles. The Bertz CT molecular complexity index is 436. The highest BCUT2D eigenvalue weighted by Gasteiger charge is 2.06. The number of benzene rings is 1.